The van der Waals surface area contributed by atoms with E-state index in [0.717, 1.165) is 45.0 Å². The lowest BCUT2D eigenvalue weighted by molar-refractivity contribution is 0.101. The number of carbonyl (C=O) groups excluding carboxylic acids is 2. The SMILES string of the molecule is CC(=O)c1cccnc1.CCO.Clc1cc(Cl)cc(-c2cccc(-c3cc(-c4cccnc4)nc(-c4cccnc4)c3)n2)c1.O=Cc1cccc(-c2cc(Cl)c(Cl)cc2Cl)n1. The minimum atomic E-state index is 0.0584. The fourth-order valence-electron chi connectivity index (χ4n) is 5.42. The molecule has 0 aliphatic carbocycles. The molecule has 61 heavy (non-hydrogen) atoms. The lowest BCUT2D eigenvalue weighted by Gasteiger charge is -2.11. The van der Waals surface area contributed by atoms with E-state index in [1.807, 2.05) is 66.7 Å². The van der Waals surface area contributed by atoms with Crippen LogP contribution in [0.5, 0.6) is 0 Å². The summed E-state index contributed by atoms with van der Waals surface area (Å²) in [7, 11) is 0. The number of aliphatic hydroxyl groups is 1. The zero-order valence-corrected chi connectivity index (χ0v) is 36.3. The standard InChI is InChI=1S/C26H16Cl2N4.C12H6Cl3NO.C7H7NO.C2H6O/c27-21-10-19(11-22(28)14-21)23-6-1-7-24(31-23)20-12-25(17-4-2-8-29-15-17)32-26(13-20)18-5-3-9-30-16-18;13-9-5-11(15)10(14)4-8(9)12-3-1-2-7(6-17)16-12;1-6(9)7-3-2-4-8-5-7;1-2-3/h1-16H;1-6H;2-5H,1H3;3H,2H2,1H3. The van der Waals surface area contributed by atoms with Gasteiger partial charge in [0, 0.05) is 87.2 Å². The first kappa shape index (κ1) is 46.2. The van der Waals surface area contributed by atoms with Crippen molar-refractivity contribution >= 4 is 70.1 Å². The van der Waals surface area contributed by atoms with Crippen molar-refractivity contribution in [3.63, 3.8) is 0 Å². The van der Waals surface area contributed by atoms with E-state index in [1.54, 1.807) is 92.6 Å². The van der Waals surface area contributed by atoms with Crippen LogP contribution in [0.4, 0.5) is 0 Å². The number of aliphatic hydroxyl groups excluding tert-OH is 1. The zero-order valence-electron chi connectivity index (χ0n) is 32.6. The van der Waals surface area contributed by atoms with Crippen molar-refractivity contribution < 1.29 is 14.7 Å². The maximum atomic E-state index is 10.7. The van der Waals surface area contributed by atoms with Gasteiger partial charge in [0.15, 0.2) is 12.1 Å². The number of hydrogen-bond acceptors (Lipinski definition) is 9. The van der Waals surface area contributed by atoms with Gasteiger partial charge in [-0.15, -0.1) is 0 Å². The van der Waals surface area contributed by atoms with Gasteiger partial charge in [-0.3, -0.25) is 24.5 Å². The molecule has 6 aromatic heterocycles. The average Bonchev–Trinajstić information content (AvgIpc) is 3.29. The van der Waals surface area contributed by atoms with Crippen molar-refractivity contribution in [3.05, 3.63) is 189 Å². The third kappa shape index (κ3) is 13.5. The number of ketones is 1. The van der Waals surface area contributed by atoms with Gasteiger partial charge in [-0.2, -0.15) is 0 Å². The van der Waals surface area contributed by atoms with Crippen molar-refractivity contribution in [2.24, 2.45) is 0 Å². The number of nitrogens with zero attached hydrogens (tertiary/aromatic N) is 6. The Morgan fingerprint density at radius 3 is 1.52 bits per heavy atom. The van der Waals surface area contributed by atoms with Crippen molar-refractivity contribution in [2.45, 2.75) is 13.8 Å². The van der Waals surface area contributed by atoms with Crippen LogP contribution < -0.4 is 0 Å². The average molecular weight is 909 g/mol. The maximum Gasteiger partial charge on any atom is 0.168 e. The summed E-state index contributed by atoms with van der Waals surface area (Å²) in [6.45, 7) is 3.46. The van der Waals surface area contributed by atoms with Gasteiger partial charge in [-0.1, -0.05) is 70.1 Å². The third-order valence-electron chi connectivity index (χ3n) is 8.19. The van der Waals surface area contributed by atoms with E-state index in [1.165, 1.54) is 6.92 Å². The first-order chi connectivity index (χ1) is 29.5. The van der Waals surface area contributed by atoms with E-state index < -0.39 is 0 Å². The van der Waals surface area contributed by atoms with Gasteiger partial charge in [-0.05, 0) is 117 Å². The van der Waals surface area contributed by atoms with Crippen LogP contribution in [0.2, 0.25) is 25.1 Å². The second-order valence-electron chi connectivity index (χ2n) is 12.6. The Kier molecular flexibility index (Phi) is 17.5. The predicted octanol–water partition coefficient (Wildman–Crippen LogP) is 13.0. The van der Waals surface area contributed by atoms with E-state index in [9.17, 15) is 9.59 Å². The molecule has 1 N–H and O–H groups in total. The molecule has 0 bridgehead atoms. The van der Waals surface area contributed by atoms with Gasteiger partial charge < -0.3 is 5.11 Å². The van der Waals surface area contributed by atoms with Crippen LogP contribution in [0.1, 0.15) is 34.7 Å². The highest BCUT2D eigenvalue weighted by Gasteiger charge is 2.13. The highest BCUT2D eigenvalue weighted by Crippen LogP contribution is 2.35. The van der Waals surface area contributed by atoms with Crippen LogP contribution in [0, 0.1) is 0 Å². The molecule has 0 aliphatic rings. The quantitative estimate of drug-likeness (QED) is 0.0943. The van der Waals surface area contributed by atoms with Crippen LogP contribution in [-0.2, 0) is 0 Å². The number of aromatic nitrogens is 6. The molecule has 8 aromatic rings. The number of halogens is 5. The molecule has 14 heteroatoms. The van der Waals surface area contributed by atoms with Crippen molar-refractivity contribution in [2.75, 3.05) is 6.61 Å². The smallest absolute Gasteiger partial charge is 0.168 e. The molecule has 306 valence electrons. The van der Waals surface area contributed by atoms with Gasteiger partial charge in [0.2, 0.25) is 0 Å². The molecule has 0 amide bonds. The maximum absolute atomic E-state index is 10.7. The molecule has 9 nitrogen and oxygen atoms in total. The Hall–Kier alpha value is -5.91. The van der Waals surface area contributed by atoms with E-state index in [4.69, 9.17) is 73.1 Å². The minimum absolute atomic E-state index is 0.0584. The van der Waals surface area contributed by atoms with Crippen LogP contribution in [-0.4, -0.2) is 53.7 Å². The van der Waals surface area contributed by atoms with Gasteiger partial charge in [-0.25, -0.2) is 15.0 Å². The van der Waals surface area contributed by atoms with Crippen LogP contribution in [0.25, 0.3) is 56.3 Å². The number of pyridine rings is 6. The fourth-order valence-corrected chi connectivity index (χ4v) is 6.59. The Bertz CT molecular complexity index is 2630. The topological polar surface area (TPSA) is 132 Å². The van der Waals surface area contributed by atoms with Crippen LogP contribution in [0.15, 0.2) is 152 Å². The number of benzene rings is 2. The van der Waals surface area contributed by atoms with Crippen molar-refractivity contribution in [1.82, 2.24) is 29.9 Å². The van der Waals surface area contributed by atoms with Gasteiger partial charge in [0.25, 0.3) is 0 Å². The number of aldehydes is 1. The molecule has 0 saturated heterocycles. The predicted molar refractivity (Wildman–Crippen MR) is 246 cm³/mol. The second-order valence-corrected chi connectivity index (χ2v) is 14.7. The molecule has 0 atom stereocenters. The van der Waals surface area contributed by atoms with E-state index in [-0.39, 0.29) is 12.4 Å². The monoisotopic (exact) mass is 906 g/mol. The molecule has 0 fully saturated rings. The van der Waals surface area contributed by atoms with Crippen LogP contribution in [0.3, 0.4) is 0 Å². The van der Waals surface area contributed by atoms with E-state index >= 15 is 0 Å². The summed E-state index contributed by atoms with van der Waals surface area (Å²) < 4.78 is 0. The van der Waals surface area contributed by atoms with Crippen LogP contribution >= 0.6 is 58.0 Å². The summed E-state index contributed by atoms with van der Waals surface area (Å²) in [5.41, 5.74) is 9.11. The largest absolute Gasteiger partial charge is 0.397 e. The molecule has 8 rings (SSSR count). The zero-order chi connectivity index (χ0) is 43.7. The normalized spacial score (nSPS) is 10.2. The summed E-state index contributed by atoms with van der Waals surface area (Å²) in [5.74, 6) is 0.0584. The number of rotatable bonds is 7. The summed E-state index contributed by atoms with van der Waals surface area (Å²) in [6.07, 6.45) is 11.0. The first-order valence-electron chi connectivity index (χ1n) is 18.3. The third-order valence-corrected chi connectivity index (χ3v) is 9.66. The molecular formula is C47H35Cl5N6O3. The summed E-state index contributed by atoms with van der Waals surface area (Å²) in [4.78, 5) is 47.4. The van der Waals surface area contributed by atoms with Crippen molar-refractivity contribution in [1.29, 1.82) is 0 Å². The Morgan fingerprint density at radius 1 is 0.541 bits per heavy atom. The highest BCUT2D eigenvalue weighted by atomic mass is 35.5. The molecular weight excluding hydrogens is 874 g/mol. The number of hydrogen-bond donors (Lipinski definition) is 1. The fraction of sp³-hybridized carbons (Fsp3) is 0.0638. The molecule has 0 radical (unpaired) electrons. The molecule has 0 unspecified atom stereocenters. The molecule has 2 aromatic carbocycles. The number of Topliss-reactive ketones (excluding diaryl/α,β-unsaturated/α-hetero) is 1. The lowest BCUT2D eigenvalue weighted by Crippen LogP contribution is -1.94. The molecule has 6 heterocycles. The lowest BCUT2D eigenvalue weighted by atomic mass is 10.0. The molecule has 0 spiro atoms. The Balaban J connectivity index is 0.000000201. The Labute approximate surface area is 378 Å². The Morgan fingerprint density at radius 2 is 1.03 bits per heavy atom. The van der Waals surface area contributed by atoms with E-state index in [0.29, 0.717) is 53.9 Å². The number of carbonyl (C=O) groups is 2. The van der Waals surface area contributed by atoms with Gasteiger partial charge in [0.1, 0.15) is 5.69 Å². The summed E-state index contributed by atoms with van der Waals surface area (Å²) in [6, 6.07) is 34.9. The summed E-state index contributed by atoms with van der Waals surface area (Å²) >= 11 is 30.2. The summed E-state index contributed by atoms with van der Waals surface area (Å²) in [5, 5.41) is 9.92. The van der Waals surface area contributed by atoms with Crippen molar-refractivity contribution in [3.8, 4) is 56.3 Å². The second kappa shape index (κ2) is 23.2. The minimum Gasteiger partial charge on any atom is -0.397 e. The van der Waals surface area contributed by atoms with E-state index in [2.05, 4.69) is 19.9 Å². The molecule has 0 aliphatic heterocycles. The highest BCUT2D eigenvalue weighted by molar-refractivity contribution is 6.44. The first-order valence-corrected chi connectivity index (χ1v) is 20.2. The van der Waals surface area contributed by atoms with Gasteiger partial charge in [0.05, 0.1) is 43.5 Å². The molecule has 0 saturated carbocycles. The van der Waals surface area contributed by atoms with Gasteiger partial charge >= 0.3 is 0 Å².